The van der Waals surface area contributed by atoms with E-state index in [9.17, 15) is 0 Å². The molecule has 390 valence electrons. The monoisotopic (exact) mass is 1080 g/mol. The molecule has 16 rings (SSSR count). The quantitative estimate of drug-likeness (QED) is 0.128. The van der Waals surface area contributed by atoms with E-state index in [1.54, 1.807) is 0 Å². The van der Waals surface area contributed by atoms with Crippen LogP contribution in [0.1, 0.15) is 22.3 Å². The molecule has 3 nitrogen and oxygen atoms in total. The fraction of sp³-hybridized carbons (Fsp3) is 0.0127. The number of hydrogen-bond acceptors (Lipinski definition) is 3. The van der Waals surface area contributed by atoms with Crippen molar-refractivity contribution in [1.29, 1.82) is 0 Å². The van der Waals surface area contributed by atoms with E-state index in [0.29, 0.717) is 0 Å². The highest BCUT2D eigenvalue weighted by molar-refractivity contribution is 7.26. The van der Waals surface area contributed by atoms with Gasteiger partial charge in [0.25, 0.3) is 0 Å². The first-order chi connectivity index (χ1) is 41.2. The molecule has 0 unspecified atom stereocenters. The molecule has 0 atom stereocenters. The molecule has 0 spiro atoms. The first kappa shape index (κ1) is 48.4. The number of nitrogens with zero attached hydrogens (tertiary/aromatic N) is 3. The van der Waals surface area contributed by atoms with Crippen molar-refractivity contribution in [2.45, 2.75) is 5.41 Å². The first-order valence-corrected chi connectivity index (χ1v) is 29.3. The Labute approximate surface area is 487 Å². The third kappa shape index (κ3) is 7.86. The van der Waals surface area contributed by atoms with Crippen molar-refractivity contribution < 1.29 is 0 Å². The molecule has 13 aromatic carbocycles. The molecule has 2 aromatic heterocycles. The third-order valence-electron chi connectivity index (χ3n) is 17.0. The molecule has 0 saturated heterocycles. The molecule has 0 bridgehead atoms. The molecule has 0 saturated carbocycles. The van der Waals surface area contributed by atoms with Crippen LogP contribution in [0, 0.1) is 0 Å². The lowest BCUT2D eigenvalue weighted by Crippen LogP contribution is -2.28. The Morgan fingerprint density at radius 2 is 0.795 bits per heavy atom. The molecule has 83 heavy (non-hydrogen) atoms. The lowest BCUT2D eigenvalue weighted by Gasteiger charge is -2.34. The van der Waals surface area contributed by atoms with Crippen molar-refractivity contribution in [3.63, 3.8) is 0 Å². The molecule has 4 heteroatoms. The van der Waals surface area contributed by atoms with Gasteiger partial charge in [0, 0.05) is 66.1 Å². The predicted molar refractivity (Wildman–Crippen MR) is 351 cm³/mol. The zero-order valence-electron chi connectivity index (χ0n) is 45.3. The third-order valence-corrected chi connectivity index (χ3v) is 18.2. The van der Waals surface area contributed by atoms with E-state index in [0.717, 1.165) is 45.4 Å². The average molecular weight is 1080 g/mol. The van der Waals surface area contributed by atoms with Crippen LogP contribution in [0.5, 0.6) is 0 Å². The summed E-state index contributed by atoms with van der Waals surface area (Å²) in [7, 11) is 0. The lowest BCUT2D eigenvalue weighted by molar-refractivity contribution is 0.768. The molecule has 0 aliphatic heterocycles. The van der Waals surface area contributed by atoms with Crippen LogP contribution in [0.2, 0.25) is 0 Å². The van der Waals surface area contributed by atoms with Crippen molar-refractivity contribution in [2.75, 3.05) is 9.80 Å². The van der Waals surface area contributed by atoms with Gasteiger partial charge in [-0.2, -0.15) is 0 Å². The van der Waals surface area contributed by atoms with E-state index >= 15 is 0 Å². The Bertz CT molecular complexity index is 4840. The van der Waals surface area contributed by atoms with Gasteiger partial charge in [0.1, 0.15) is 0 Å². The van der Waals surface area contributed by atoms with E-state index in [4.69, 9.17) is 0 Å². The lowest BCUT2D eigenvalue weighted by atomic mass is 9.68. The highest BCUT2D eigenvalue weighted by Crippen LogP contribution is 2.58. The van der Waals surface area contributed by atoms with Crippen LogP contribution in [0.3, 0.4) is 0 Å². The molecular weight excluding hydrogens is 1020 g/mol. The van der Waals surface area contributed by atoms with Crippen molar-refractivity contribution >= 4 is 87.4 Å². The molecular formula is C79H53N3S. The number of fused-ring (bicyclic) bond motifs is 10. The van der Waals surface area contributed by atoms with Crippen molar-refractivity contribution in [2.24, 2.45) is 0 Å². The molecule has 0 fully saturated rings. The zero-order chi connectivity index (χ0) is 54.8. The van der Waals surface area contributed by atoms with Gasteiger partial charge in [-0.25, -0.2) is 0 Å². The number of rotatable bonds is 11. The SMILES string of the molecule is c1ccc(-c2ccc(N(c3ccccc3)c3cc(-c4cc5c6ccccc6n(-c6ccccc6)c5c5sc6ccccc6c45)cc(N(c4ccccc4)c4ccc5c(c4)-c4ccccc4C5(c4ccccc4)c4ccccc4)c3)cc2)cc1. The summed E-state index contributed by atoms with van der Waals surface area (Å²) in [6, 6.07) is 118. The highest BCUT2D eigenvalue weighted by Gasteiger charge is 2.46. The Morgan fingerprint density at radius 1 is 0.301 bits per heavy atom. The summed E-state index contributed by atoms with van der Waals surface area (Å²) < 4.78 is 5.01. The number of benzene rings is 13. The fourth-order valence-corrected chi connectivity index (χ4v) is 14.7. The molecule has 0 N–H and O–H groups in total. The standard InChI is InChI=1S/C79H53N3S/c1-7-25-54(26-8-1)55-43-45-62(46-44-55)80(59-31-13-4-14-32-59)64-49-56(69-53-71-67-38-20-23-41-74(67)82(61-35-17-6-18-36-61)77(71)78-76(69)68-39-21-24-42-75(68)83-78)50-65(51-64)81(60-33-15-5-16-34-60)63-47-48-73-70(52-63)66-37-19-22-40-72(66)79(73,57-27-9-2-10-28-57)58-29-11-3-12-30-58/h1-53H. The second-order valence-corrected chi connectivity index (χ2v) is 22.6. The summed E-state index contributed by atoms with van der Waals surface area (Å²) in [6.45, 7) is 0. The van der Waals surface area contributed by atoms with Gasteiger partial charge < -0.3 is 14.4 Å². The van der Waals surface area contributed by atoms with Gasteiger partial charge >= 0.3 is 0 Å². The van der Waals surface area contributed by atoms with Gasteiger partial charge in [-0.1, -0.05) is 224 Å². The number of aromatic nitrogens is 1. The second-order valence-electron chi connectivity index (χ2n) is 21.6. The Kier molecular flexibility index (Phi) is 11.6. The van der Waals surface area contributed by atoms with Crippen LogP contribution < -0.4 is 9.80 Å². The van der Waals surface area contributed by atoms with Crippen LogP contribution >= 0.6 is 11.3 Å². The van der Waals surface area contributed by atoms with Gasteiger partial charge in [0.05, 0.1) is 21.1 Å². The van der Waals surface area contributed by atoms with E-state index in [-0.39, 0.29) is 0 Å². The summed E-state index contributed by atoms with van der Waals surface area (Å²) >= 11 is 1.89. The van der Waals surface area contributed by atoms with Gasteiger partial charge in [0.2, 0.25) is 0 Å². The Balaban J connectivity index is 0.993. The minimum Gasteiger partial charge on any atom is -0.310 e. The summed E-state index contributed by atoms with van der Waals surface area (Å²) in [5.74, 6) is 0. The molecule has 1 aliphatic rings. The second kappa shape index (κ2) is 19.9. The number of anilines is 6. The van der Waals surface area contributed by atoms with E-state index < -0.39 is 5.41 Å². The fourth-order valence-electron chi connectivity index (χ4n) is 13.5. The van der Waals surface area contributed by atoms with Gasteiger partial charge in [-0.05, 0) is 153 Å². The molecule has 0 radical (unpaired) electrons. The van der Waals surface area contributed by atoms with Crippen LogP contribution in [-0.2, 0) is 5.41 Å². The van der Waals surface area contributed by atoms with E-state index in [2.05, 4.69) is 336 Å². The van der Waals surface area contributed by atoms with Gasteiger partial charge in [-0.3, -0.25) is 0 Å². The maximum atomic E-state index is 2.49. The van der Waals surface area contributed by atoms with Crippen LogP contribution in [0.4, 0.5) is 34.1 Å². The minimum absolute atomic E-state index is 0.527. The smallest absolute Gasteiger partial charge is 0.0720 e. The number of thiophene rings is 1. The molecule has 1 aliphatic carbocycles. The average Bonchev–Trinajstić information content (AvgIpc) is 2.02. The number of hydrogen-bond donors (Lipinski definition) is 0. The van der Waals surface area contributed by atoms with Crippen LogP contribution in [-0.4, -0.2) is 4.57 Å². The molecule has 0 amide bonds. The highest BCUT2D eigenvalue weighted by atomic mass is 32.1. The van der Waals surface area contributed by atoms with Gasteiger partial charge in [-0.15, -0.1) is 11.3 Å². The van der Waals surface area contributed by atoms with Crippen molar-refractivity contribution in [1.82, 2.24) is 4.57 Å². The largest absolute Gasteiger partial charge is 0.310 e. The summed E-state index contributed by atoms with van der Waals surface area (Å²) in [6.07, 6.45) is 0. The molecule has 15 aromatic rings. The topological polar surface area (TPSA) is 11.4 Å². The van der Waals surface area contributed by atoms with Crippen LogP contribution in [0.25, 0.3) is 81.0 Å². The van der Waals surface area contributed by atoms with Crippen molar-refractivity contribution in [3.8, 4) is 39.1 Å². The number of para-hydroxylation sites is 4. The Hall–Kier alpha value is -10.5. The molecule has 2 heterocycles. The Morgan fingerprint density at radius 3 is 1.46 bits per heavy atom. The zero-order valence-corrected chi connectivity index (χ0v) is 46.2. The maximum Gasteiger partial charge on any atom is 0.0720 e. The first-order valence-electron chi connectivity index (χ1n) is 28.5. The van der Waals surface area contributed by atoms with Crippen molar-refractivity contribution in [3.05, 3.63) is 344 Å². The summed E-state index contributed by atoms with van der Waals surface area (Å²) in [4.78, 5) is 4.91. The summed E-state index contributed by atoms with van der Waals surface area (Å²) in [5, 5.41) is 4.94. The minimum atomic E-state index is -0.527. The van der Waals surface area contributed by atoms with E-state index in [1.807, 2.05) is 11.3 Å². The predicted octanol–water partition coefficient (Wildman–Crippen LogP) is 21.8. The van der Waals surface area contributed by atoms with E-state index in [1.165, 1.54) is 92.0 Å². The van der Waals surface area contributed by atoms with Gasteiger partial charge in [0.15, 0.2) is 0 Å². The summed E-state index contributed by atoms with van der Waals surface area (Å²) in [5.41, 5.74) is 21.5. The maximum absolute atomic E-state index is 2.49. The normalized spacial score (nSPS) is 12.4. The van der Waals surface area contributed by atoms with Crippen LogP contribution in [0.15, 0.2) is 322 Å².